The average Bonchev–Trinajstić information content (AvgIpc) is 2.67. The zero-order valence-electron chi connectivity index (χ0n) is 16.8. The molecule has 0 bridgehead atoms. The topological polar surface area (TPSA) is 104 Å². The van der Waals surface area contributed by atoms with Crippen LogP contribution in [0, 0.1) is 0 Å². The summed E-state index contributed by atoms with van der Waals surface area (Å²) in [6, 6.07) is 4.38. The number of carbonyl (C=O) groups is 1. The number of aromatic nitrogens is 2. The van der Waals surface area contributed by atoms with Crippen molar-refractivity contribution in [1.82, 2.24) is 14.5 Å². The van der Waals surface area contributed by atoms with Crippen molar-refractivity contribution in [1.29, 1.82) is 0 Å². The first-order chi connectivity index (χ1) is 14.5. The monoisotopic (exact) mass is 440 g/mol. The number of hydrogen-bond acceptors (Lipinski definition) is 6. The standard InChI is InChI=1S/C19H19F3N4O5/c1-10(2)23-17(28)31-24-13-6-7-30-14-5-4-11(8-12(13)14)26-16(27)9-15(19(20,21)22)25(3)18(26)29/h4-5,8-10H,6-7H2,1-3H3,(H,23,28)/b24-13+. The van der Waals surface area contributed by atoms with Crippen LogP contribution in [0.4, 0.5) is 18.0 Å². The number of ether oxygens (including phenoxy) is 1. The molecule has 3 rings (SSSR count). The van der Waals surface area contributed by atoms with Gasteiger partial charge in [-0.3, -0.25) is 14.2 Å². The fourth-order valence-electron chi connectivity index (χ4n) is 2.99. The number of nitrogens with one attached hydrogen (secondary N) is 1. The molecule has 1 aliphatic rings. The third-order valence-corrected chi connectivity index (χ3v) is 4.38. The Morgan fingerprint density at radius 3 is 2.61 bits per heavy atom. The normalized spacial score (nSPS) is 14.9. The Morgan fingerprint density at radius 1 is 1.26 bits per heavy atom. The van der Waals surface area contributed by atoms with Crippen LogP contribution >= 0.6 is 0 Å². The van der Waals surface area contributed by atoms with E-state index in [1.165, 1.54) is 18.2 Å². The van der Waals surface area contributed by atoms with Crippen molar-refractivity contribution in [2.75, 3.05) is 6.61 Å². The van der Waals surface area contributed by atoms with Gasteiger partial charge in [0.05, 0.1) is 18.0 Å². The predicted molar refractivity (Wildman–Crippen MR) is 104 cm³/mol. The number of hydrogen-bond donors (Lipinski definition) is 1. The summed E-state index contributed by atoms with van der Waals surface area (Å²) in [5.41, 5.74) is -2.98. The molecule has 0 saturated heterocycles. The van der Waals surface area contributed by atoms with Crippen molar-refractivity contribution in [2.45, 2.75) is 32.5 Å². The number of alkyl halides is 3. The minimum Gasteiger partial charge on any atom is -0.492 e. The molecule has 1 amide bonds. The Kier molecular flexibility index (Phi) is 5.91. The number of halogens is 3. The summed E-state index contributed by atoms with van der Waals surface area (Å²) in [7, 11) is 0.927. The lowest BCUT2D eigenvalue weighted by Crippen LogP contribution is -2.40. The van der Waals surface area contributed by atoms with Crippen LogP contribution in [0.1, 0.15) is 31.5 Å². The molecule has 166 valence electrons. The SMILES string of the molecule is CC(C)NC(=O)O/N=C1\CCOc2ccc(-n3c(=O)cc(C(F)(F)F)n(C)c3=O)cc21. The number of amides is 1. The molecule has 0 aliphatic carbocycles. The molecule has 0 saturated carbocycles. The fourth-order valence-corrected chi connectivity index (χ4v) is 2.99. The number of fused-ring (bicyclic) bond motifs is 1. The van der Waals surface area contributed by atoms with E-state index in [-0.39, 0.29) is 24.8 Å². The Hall–Kier alpha value is -3.57. The van der Waals surface area contributed by atoms with E-state index in [0.29, 0.717) is 32.2 Å². The minimum atomic E-state index is -4.86. The van der Waals surface area contributed by atoms with E-state index in [0.717, 1.165) is 7.05 Å². The molecule has 12 heteroatoms. The van der Waals surface area contributed by atoms with Gasteiger partial charge in [0.15, 0.2) is 0 Å². The molecule has 0 spiro atoms. The lowest BCUT2D eigenvalue weighted by molar-refractivity contribution is -0.144. The third-order valence-electron chi connectivity index (χ3n) is 4.38. The van der Waals surface area contributed by atoms with Gasteiger partial charge in [-0.05, 0) is 32.0 Å². The zero-order valence-corrected chi connectivity index (χ0v) is 16.8. The van der Waals surface area contributed by atoms with Gasteiger partial charge < -0.3 is 10.1 Å². The van der Waals surface area contributed by atoms with E-state index in [1.54, 1.807) is 13.8 Å². The molecule has 1 aromatic carbocycles. The highest BCUT2D eigenvalue weighted by Crippen LogP contribution is 2.29. The molecular formula is C19H19F3N4O5. The van der Waals surface area contributed by atoms with Crippen LogP contribution in [0.3, 0.4) is 0 Å². The quantitative estimate of drug-likeness (QED) is 0.582. The molecule has 0 atom stereocenters. The molecular weight excluding hydrogens is 421 g/mol. The highest BCUT2D eigenvalue weighted by molar-refractivity contribution is 6.04. The first-order valence-electron chi connectivity index (χ1n) is 9.21. The molecule has 0 unspecified atom stereocenters. The second-order valence-corrected chi connectivity index (χ2v) is 7.04. The highest BCUT2D eigenvalue weighted by atomic mass is 19.4. The van der Waals surface area contributed by atoms with Crippen molar-refractivity contribution >= 4 is 11.8 Å². The van der Waals surface area contributed by atoms with Gasteiger partial charge in [-0.15, -0.1) is 0 Å². The minimum absolute atomic E-state index is 0.0166. The average molecular weight is 440 g/mol. The van der Waals surface area contributed by atoms with Gasteiger partial charge in [0.1, 0.15) is 11.4 Å². The van der Waals surface area contributed by atoms with Crippen LogP contribution in [-0.2, 0) is 18.1 Å². The first kappa shape index (κ1) is 22.1. The summed E-state index contributed by atoms with van der Waals surface area (Å²) in [6.07, 6.45) is -5.35. The largest absolute Gasteiger partial charge is 0.492 e. The first-order valence-corrected chi connectivity index (χ1v) is 9.21. The van der Waals surface area contributed by atoms with E-state index in [9.17, 15) is 27.6 Å². The van der Waals surface area contributed by atoms with Crippen molar-refractivity contribution in [3.8, 4) is 11.4 Å². The Labute approximate surface area is 173 Å². The molecule has 1 aromatic heterocycles. The summed E-state index contributed by atoms with van der Waals surface area (Å²) in [5, 5.41) is 6.33. The lowest BCUT2D eigenvalue weighted by atomic mass is 10.0. The molecule has 1 N–H and O–H groups in total. The van der Waals surface area contributed by atoms with Gasteiger partial charge in [0.2, 0.25) is 0 Å². The number of oxime groups is 1. The maximum Gasteiger partial charge on any atom is 0.433 e. The maximum atomic E-state index is 13.1. The van der Waals surface area contributed by atoms with E-state index >= 15 is 0 Å². The molecule has 0 radical (unpaired) electrons. The Morgan fingerprint density at radius 2 is 1.97 bits per heavy atom. The van der Waals surface area contributed by atoms with Gasteiger partial charge in [0, 0.05) is 31.1 Å². The molecule has 1 aliphatic heterocycles. The Bertz CT molecular complexity index is 1160. The van der Waals surface area contributed by atoms with Crippen molar-refractivity contribution in [3.05, 3.63) is 56.4 Å². The van der Waals surface area contributed by atoms with Crippen LogP contribution in [0.5, 0.6) is 5.75 Å². The maximum absolute atomic E-state index is 13.1. The van der Waals surface area contributed by atoms with Gasteiger partial charge in [0.25, 0.3) is 5.56 Å². The second-order valence-electron chi connectivity index (χ2n) is 7.04. The number of rotatable bonds is 3. The summed E-state index contributed by atoms with van der Waals surface area (Å²) in [6.45, 7) is 3.74. The van der Waals surface area contributed by atoms with E-state index < -0.39 is 29.2 Å². The third kappa shape index (κ3) is 4.62. The summed E-state index contributed by atoms with van der Waals surface area (Å²) >= 11 is 0. The Balaban J connectivity index is 2.05. The molecule has 31 heavy (non-hydrogen) atoms. The van der Waals surface area contributed by atoms with Crippen LogP contribution in [0.2, 0.25) is 0 Å². The zero-order chi connectivity index (χ0) is 22.9. The van der Waals surface area contributed by atoms with Gasteiger partial charge >= 0.3 is 18.0 Å². The van der Waals surface area contributed by atoms with Crippen molar-refractivity contribution in [3.63, 3.8) is 0 Å². The summed E-state index contributed by atoms with van der Waals surface area (Å²) < 4.78 is 45.7. The van der Waals surface area contributed by atoms with Crippen LogP contribution in [-0.4, -0.2) is 33.6 Å². The van der Waals surface area contributed by atoms with Crippen molar-refractivity contribution < 1.29 is 27.5 Å². The molecule has 0 fully saturated rings. The van der Waals surface area contributed by atoms with Crippen LogP contribution in [0.25, 0.3) is 5.69 Å². The van der Waals surface area contributed by atoms with Gasteiger partial charge in [-0.2, -0.15) is 13.2 Å². The number of benzene rings is 1. The van der Waals surface area contributed by atoms with Crippen LogP contribution < -0.4 is 21.3 Å². The van der Waals surface area contributed by atoms with E-state index in [4.69, 9.17) is 9.57 Å². The second kappa shape index (κ2) is 8.28. The molecule has 9 nitrogen and oxygen atoms in total. The van der Waals surface area contributed by atoms with Gasteiger partial charge in [-0.25, -0.2) is 14.2 Å². The summed E-state index contributed by atoms with van der Waals surface area (Å²) in [4.78, 5) is 41.4. The highest BCUT2D eigenvalue weighted by Gasteiger charge is 2.35. The predicted octanol–water partition coefficient (Wildman–Crippen LogP) is 2.18. The van der Waals surface area contributed by atoms with E-state index in [1.807, 2.05) is 0 Å². The van der Waals surface area contributed by atoms with E-state index in [2.05, 4.69) is 10.5 Å². The number of nitrogens with zero attached hydrogens (tertiary/aromatic N) is 3. The van der Waals surface area contributed by atoms with Gasteiger partial charge in [-0.1, -0.05) is 5.16 Å². The lowest BCUT2D eigenvalue weighted by Gasteiger charge is -2.20. The van der Waals surface area contributed by atoms with Crippen LogP contribution in [0.15, 0.2) is 39.0 Å². The number of carbonyl (C=O) groups excluding carboxylic acids is 1. The fraction of sp³-hybridized carbons (Fsp3) is 0.368. The smallest absolute Gasteiger partial charge is 0.433 e. The summed E-state index contributed by atoms with van der Waals surface area (Å²) in [5.74, 6) is 0.360. The molecule has 2 heterocycles. The molecule has 2 aromatic rings. The van der Waals surface area contributed by atoms with Crippen molar-refractivity contribution in [2.24, 2.45) is 12.2 Å².